The van der Waals surface area contributed by atoms with Gasteiger partial charge in [-0.3, -0.25) is 9.59 Å². The van der Waals surface area contributed by atoms with Crippen molar-refractivity contribution in [2.24, 2.45) is 17.3 Å². The molecule has 1 aliphatic carbocycles. The molecule has 0 bridgehead atoms. The topological polar surface area (TPSA) is 63.6 Å². The van der Waals surface area contributed by atoms with Crippen molar-refractivity contribution in [3.63, 3.8) is 0 Å². The van der Waals surface area contributed by atoms with Gasteiger partial charge in [-0.15, -0.1) is 0 Å². The van der Waals surface area contributed by atoms with Crippen LogP contribution in [-0.2, 0) is 14.3 Å². The van der Waals surface area contributed by atoms with Crippen LogP contribution in [0.25, 0.3) is 0 Å². The Morgan fingerprint density at radius 3 is 2.47 bits per heavy atom. The first kappa shape index (κ1) is 12.0. The highest BCUT2D eigenvalue weighted by Gasteiger charge is 2.52. The Morgan fingerprint density at radius 2 is 2.07 bits per heavy atom. The fraction of sp³-hybridized carbons (Fsp3) is 0.818. The normalized spacial score (nSPS) is 27.9. The first-order chi connectivity index (χ1) is 6.89. The molecule has 4 nitrogen and oxygen atoms in total. The van der Waals surface area contributed by atoms with Crippen molar-refractivity contribution in [2.75, 3.05) is 6.61 Å². The quantitative estimate of drug-likeness (QED) is 0.723. The number of carboxylic acids is 1. The molecule has 2 atom stereocenters. The van der Waals surface area contributed by atoms with Gasteiger partial charge in [0, 0.05) is 6.42 Å². The maximum atomic E-state index is 11.5. The number of carboxylic acid groups (broad SMARTS) is 1. The summed E-state index contributed by atoms with van der Waals surface area (Å²) >= 11 is 0. The maximum absolute atomic E-state index is 11.5. The predicted octanol–water partition coefficient (Wildman–Crippen LogP) is 1.69. The van der Waals surface area contributed by atoms with Crippen LogP contribution in [0.5, 0.6) is 0 Å². The molecule has 1 N–H and O–H groups in total. The first-order valence-corrected chi connectivity index (χ1v) is 5.28. The van der Waals surface area contributed by atoms with Gasteiger partial charge in [-0.05, 0) is 24.7 Å². The van der Waals surface area contributed by atoms with Crippen molar-refractivity contribution < 1.29 is 19.4 Å². The van der Waals surface area contributed by atoms with Crippen LogP contribution in [0.1, 0.15) is 33.6 Å². The summed E-state index contributed by atoms with van der Waals surface area (Å²) in [4.78, 5) is 22.1. The fourth-order valence-electron chi connectivity index (χ4n) is 2.22. The Hall–Kier alpha value is -1.06. The Balaban J connectivity index is 2.55. The van der Waals surface area contributed by atoms with Gasteiger partial charge >= 0.3 is 11.9 Å². The van der Waals surface area contributed by atoms with Gasteiger partial charge in [0.15, 0.2) is 0 Å². The number of carbonyl (C=O) groups is 2. The van der Waals surface area contributed by atoms with Crippen molar-refractivity contribution in [1.82, 2.24) is 0 Å². The Morgan fingerprint density at radius 1 is 1.47 bits per heavy atom. The van der Waals surface area contributed by atoms with Gasteiger partial charge in [0.1, 0.15) is 0 Å². The largest absolute Gasteiger partial charge is 0.481 e. The van der Waals surface area contributed by atoms with Crippen LogP contribution in [-0.4, -0.2) is 23.7 Å². The lowest BCUT2D eigenvalue weighted by atomic mass is 9.54. The van der Waals surface area contributed by atoms with Crippen molar-refractivity contribution in [3.8, 4) is 0 Å². The minimum atomic E-state index is -0.796. The molecule has 1 saturated carbocycles. The molecule has 0 aliphatic heterocycles. The lowest BCUT2D eigenvalue weighted by Gasteiger charge is -2.50. The van der Waals surface area contributed by atoms with E-state index in [0.717, 1.165) is 0 Å². The third kappa shape index (κ3) is 2.30. The Kier molecular flexibility index (Phi) is 3.37. The van der Waals surface area contributed by atoms with Crippen LogP contribution >= 0.6 is 0 Å². The van der Waals surface area contributed by atoms with Crippen LogP contribution in [0, 0.1) is 17.3 Å². The fourth-order valence-corrected chi connectivity index (χ4v) is 2.22. The van der Waals surface area contributed by atoms with Gasteiger partial charge in [0.25, 0.3) is 0 Å². The molecule has 1 aliphatic rings. The molecular formula is C11H18O4. The average Bonchev–Trinajstić information content (AvgIpc) is 2.11. The SMILES string of the molecule is CCOC(=O)C1CC(CC(=O)O)C1(C)C. The van der Waals surface area contributed by atoms with E-state index in [2.05, 4.69) is 0 Å². The molecule has 0 aromatic carbocycles. The minimum Gasteiger partial charge on any atom is -0.481 e. The number of aliphatic carboxylic acids is 1. The van der Waals surface area contributed by atoms with Gasteiger partial charge in [0.2, 0.25) is 0 Å². The summed E-state index contributed by atoms with van der Waals surface area (Å²) in [5, 5.41) is 8.69. The summed E-state index contributed by atoms with van der Waals surface area (Å²) in [6.45, 7) is 6.03. The van der Waals surface area contributed by atoms with E-state index in [-0.39, 0.29) is 29.6 Å². The zero-order valence-corrected chi connectivity index (χ0v) is 9.45. The molecule has 1 fully saturated rings. The van der Waals surface area contributed by atoms with Crippen LogP contribution < -0.4 is 0 Å². The highest BCUT2D eigenvalue weighted by Crippen LogP contribution is 2.53. The van der Waals surface area contributed by atoms with Gasteiger partial charge in [-0.2, -0.15) is 0 Å². The lowest BCUT2D eigenvalue weighted by Crippen LogP contribution is -2.50. The van der Waals surface area contributed by atoms with Crippen LogP contribution in [0.15, 0.2) is 0 Å². The standard InChI is InChI=1S/C11H18O4/c1-4-15-10(14)8-5-7(6-9(12)13)11(8,2)3/h7-8H,4-6H2,1-3H3,(H,12,13). The second-order valence-corrected chi connectivity index (χ2v) is 4.66. The van der Waals surface area contributed by atoms with E-state index in [4.69, 9.17) is 9.84 Å². The summed E-state index contributed by atoms with van der Waals surface area (Å²) in [5.41, 5.74) is -0.245. The Labute approximate surface area is 89.6 Å². The molecule has 15 heavy (non-hydrogen) atoms. The zero-order chi connectivity index (χ0) is 11.6. The molecule has 0 heterocycles. The summed E-state index contributed by atoms with van der Waals surface area (Å²) in [6, 6.07) is 0. The van der Waals surface area contributed by atoms with E-state index >= 15 is 0 Å². The van der Waals surface area contributed by atoms with Crippen molar-refractivity contribution in [1.29, 1.82) is 0 Å². The molecule has 86 valence electrons. The van der Waals surface area contributed by atoms with Crippen LogP contribution in [0.3, 0.4) is 0 Å². The lowest BCUT2D eigenvalue weighted by molar-refractivity contribution is -0.168. The van der Waals surface area contributed by atoms with Crippen LogP contribution in [0.2, 0.25) is 0 Å². The van der Waals surface area contributed by atoms with E-state index in [1.54, 1.807) is 6.92 Å². The number of esters is 1. The monoisotopic (exact) mass is 214 g/mol. The van der Waals surface area contributed by atoms with Crippen molar-refractivity contribution >= 4 is 11.9 Å². The van der Waals surface area contributed by atoms with Crippen molar-refractivity contribution in [2.45, 2.75) is 33.6 Å². The van der Waals surface area contributed by atoms with Crippen molar-refractivity contribution in [3.05, 3.63) is 0 Å². The summed E-state index contributed by atoms with van der Waals surface area (Å²) < 4.78 is 4.95. The highest BCUT2D eigenvalue weighted by molar-refractivity contribution is 5.75. The van der Waals surface area contributed by atoms with Gasteiger partial charge < -0.3 is 9.84 Å². The summed E-state index contributed by atoms with van der Waals surface area (Å²) in [6.07, 6.45) is 0.779. The summed E-state index contributed by atoms with van der Waals surface area (Å²) in [7, 11) is 0. The molecule has 0 saturated heterocycles. The molecule has 1 rings (SSSR count). The van der Waals surface area contributed by atoms with Gasteiger partial charge in [0.05, 0.1) is 12.5 Å². The van der Waals surface area contributed by atoms with E-state index in [0.29, 0.717) is 13.0 Å². The van der Waals surface area contributed by atoms with E-state index < -0.39 is 5.97 Å². The number of hydrogen-bond acceptors (Lipinski definition) is 3. The molecule has 0 aromatic heterocycles. The smallest absolute Gasteiger partial charge is 0.309 e. The Bertz CT molecular complexity index is 270. The number of rotatable bonds is 4. The number of carbonyl (C=O) groups excluding carboxylic acids is 1. The van der Waals surface area contributed by atoms with E-state index in [1.165, 1.54) is 0 Å². The second-order valence-electron chi connectivity index (χ2n) is 4.66. The summed E-state index contributed by atoms with van der Waals surface area (Å²) in [5.74, 6) is -1.04. The minimum absolute atomic E-state index is 0.0874. The third-order valence-corrected chi connectivity index (χ3v) is 3.46. The molecule has 0 amide bonds. The first-order valence-electron chi connectivity index (χ1n) is 5.28. The molecule has 0 aromatic rings. The maximum Gasteiger partial charge on any atom is 0.309 e. The second kappa shape index (κ2) is 4.21. The van der Waals surface area contributed by atoms with Gasteiger partial charge in [-0.1, -0.05) is 13.8 Å². The average molecular weight is 214 g/mol. The van der Waals surface area contributed by atoms with Gasteiger partial charge in [-0.25, -0.2) is 0 Å². The van der Waals surface area contributed by atoms with Crippen LogP contribution in [0.4, 0.5) is 0 Å². The zero-order valence-electron chi connectivity index (χ0n) is 9.45. The highest BCUT2D eigenvalue weighted by atomic mass is 16.5. The third-order valence-electron chi connectivity index (χ3n) is 3.46. The molecule has 4 heteroatoms. The van der Waals surface area contributed by atoms with E-state index in [9.17, 15) is 9.59 Å². The molecule has 2 unspecified atom stereocenters. The van der Waals surface area contributed by atoms with E-state index in [1.807, 2.05) is 13.8 Å². The molecule has 0 radical (unpaired) electrons. The number of ether oxygens (including phenoxy) is 1. The number of hydrogen-bond donors (Lipinski definition) is 1. The molecule has 0 spiro atoms. The predicted molar refractivity (Wildman–Crippen MR) is 54.3 cm³/mol. The molecular weight excluding hydrogens is 196 g/mol.